The van der Waals surface area contributed by atoms with Gasteiger partial charge < -0.3 is 5.32 Å². The van der Waals surface area contributed by atoms with E-state index >= 15 is 0 Å². The lowest BCUT2D eigenvalue weighted by Crippen LogP contribution is -2.00. The monoisotopic (exact) mass is 291 g/mol. The molecule has 2 aromatic rings. The summed E-state index contributed by atoms with van der Waals surface area (Å²) in [4.78, 5) is 0. The first kappa shape index (κ1) is 12.8. The molecular formula is C16H15Cl2N. The summed E-state index contributed by atoms with van der Waals surface area (Å²) in [5.41, 5.74) is 5.17. The van der Waals surface area contributed by atoms with Gasteiger partial charge in [0, 0.05) is 6.54 Å². The first-order chi connectivity index (χ1) is 9.24. The quantitative estimate of drug-likeness (QED) is 0.830. The lowest BCUT2D eigenvalue weighted by atomic mass is 10.1. The molecule has 0 fully saturated rings. The van der Waals surface area contributed by atoms with Gasteiger partial charge >= 0.3 is 0 Å². The van der Waals surface area contributed by atoms with E-state index in [0.29, 0.717) is 10.0 Å². The van der Waals surface area contributed by atoms with E-state index in [9.17, 15) is 0 Å². The van der Waals surface area contributed by atoms with Crippen molar-refractivity contribution in [3.63, 3.8) is 0 Å². The van der Waals surface area contributed by atoms with E-state index in [1.807, 2.05) is 12.1 Å². The molecule has 0 saturated heterocycles. The van der Waals surface area contributed by atoms with Crippen LogP contribution in [0.15, 0.2) is 36.4 Å². The van der Waals surface area contributed by atoms with Crippen LogP contribution in [0.1, 0.15) is 23.1 Å². The minimum atomic E-state index is 0.584. The van der Waals surface area contributed by atoms with E-state index in [0.717, 1.165) is 12.2 Å². The molecule has 0 atom stereocenters. The minimum absolute atomic E-state index is 0.584. The van der Waals surface area contributed by atoms with E-state index in [1.54, 1.807) is 6.07 Å². The van der Waals surface area contributed by atoms with Crippen LogP contribution in [-0.4, -0.2) is 0 Å². The molecule has 0 spiro atoms. The molecule has 3 rings (SSSR count). The maximum atomic E-state index is 6.16. The van der Waals surface area contributed by atoms with Crippen molar-refractivity contribution < 1.29 is 0 Å². The highest BCUT2D eigenvalue weighted by molar-refractivity contribution is 6.43. The average molecular weight is 292 g/mol. The Morgan fingerprint density at radius 1 is 1.00 bits per heavy atom. The third-order valence-corrected chi connectivity index (χ3v) is 4.42. The molecule has 0 aromatic heterocycles. The number of fused-ring (bicyclic) bond motifs is 1. The Hall–Kier alpha value is -1.18. The molecule has 98 valence electrons. The van der Waals surface area contributed by atoms with Crippen molar-refractivity contribution in [3.8, 4) is 0 Å². The first-order valence-corrected chi connectivity index (χ1v) is 7.28. The van der Waals surface area contributed by atoms with Crippen molar-refractivity contribution in [2.75, 3.05) is 5.32 Å². The zero-order valence-corrected chi connectivity index (χ0v) is 12.1. The highest BCUT2D eigenvalue weighted by Gasteiger charge is 2.11. The number of aryl methyl sites for hydroxylation is 2. The maximum absolute atomic E-state index is 6.16. The van der Waals surface area contributed by atoms with E-state index in [1.165, 1.54) is 36.0 Å². The van der Waals surface area contributed by atoms with Gasteiger partial charge in [-0.2, -0.15) is 0 Å². The fraction of sp³-hybridized carbons (Fsp3) is 0.250. The van der Waals surface area contributed by atoms with E-state index in [4.69, 9.17) is 23.2 Å². The molecule has 0 amide bonds. The van der Waals surface area contributed by atoms with Crippen LogP contribution in [0.4, 0.5) is 5.69 Å². The zero-order chi connectivity index (χ0) is 13.2. The van der Waals surface area contributed by atoms with Gasteiger partial charge in [0.15, 0.2) is 0 Å². The Kier molecular flexibility index (Phi) is 3.67. The summed E-state index contributed by atoms with van der Waals surface area (Å²) >= 11 is 12.2. The number of hydrogen-bond acceptors (Lipinski definition) is 1. The molecule has 0 radical (unpaired) electrons. The summed E-state index contributed by atoms with van der Waals surface area (Å²) in [6.07, 6.45) is 3.72. The third-order valence-electron chi connectivity index (χ3n) is 3.60. The lowest BCUT2D eigenvalue weighted by molar-refractivity contribution is 0.911. The number of benzene rings is 2. The highest BCUT2D eigenvalue weighted by atomic mass is 35.5. The third kappa shape index (κ3) is 2.72. The highest BCUT2D eigenvalue weighted by Crippen LogP contribution is 2.30. The molecular weight excluding hydrogens is 277 g/mol. The maximum Gasteiger partial charge on any atom is 0.0823 e. The standard InChI is InChI=1S/C16H15Cl2N/c17-14-5-2-6-15(16(14)18)19-10-11-7-8-12-3-1-4-13(12)9-11/h2,5-9,19H,1,3-4,10H2. The van der Waals surface area contributed by atoms with Gasteiger partial charge in [0.05, 0.1) is 15.7 Å². The van der Waals surface area contributed by atoms with Gasteiger partial charge in [-0.3, -0.25) is 0 Å². The summed E-state index contributed by atoms with van der Waals surface area (Å²) < 4.78 is 0. The summed E-state index contributed by atoms with van der Waals surface area (Å²) in [7, 11) is 0. The molecule has 0 bridgehead atoms. The minimum Gasteiger partial charge on any atom is -0.380 e. The van der Waals surface area contributed by atoms with Crippen LogP contribution in [0.25, 0.3) is 0 Å². The van der Waals surface area contributed by atoms with Crippen molar-refractivity contribution in [1.29, 1.82) is 0 Å². The number of halogens is 2. The second kappa shape index (κ2) is 5.44. The van der Waals surface area contributed by atoms with Crippen LogP contribution in [0.5, 0.6) is 0 Å². The Morgan fingerprint density at radius 3 is 2.74 bits per heavy atom. The Morgan fingerprint density at radius 2 is 1.84 bits per heavy atom. The van der Waals surface area contributed by atoms with E-state index in [2.05, 4.69) is 23.5 Å². The largest absolute Gasteiger partial charge is 0.380 e. The Balaban J connectivity index is 1.74. The first-order valence-electron chi connectivity index (χ1n) is 6.52. The van der Waals surface area contributed by atoms with E-state index < -0.39 is 0 Å². The van der Waals surface area contributed by atoms with Gasteiger partial charge in [0.1, 0.15) is 0 Å². The van der Waals surface area contributed by atoms with E-state index in [-0.39, 0.29) is 0 Å². The van der Waals surface area contributed by atoms with Gasteiger partial charge in [-0.25, -0.2) is 0 Å². The summed E-state index contributed by atoms with van der Waals surface area (Å²) in [6.45, 7) is 0.771. The Bertz CT molecular complexity index is 608. The second-order valence-corrected chi connectivity index (χ2v) is 5.70. The van der Waals surface area contributed by atoms with Crippen molar-refractivity contribution >= 4 is 28.9 Å². The van der Waals surface area contributed by atoms with Gasteiger partial charge in [-0.1, -0.05) is 47.5 Å². The SMILES string of the molecule is Clc1cccc(NCc2ccc3c(c2)CCC3)c1Cl. The fourth-order valence-corrected chi connectivity index (χ4v) is 2.94. The van der Waals surface area contributed by atoms with Crippen LogP contribution in [-0.2, 0) is 19.4 Å². The number of anilines is 1. The molecule has 3 heteroatoms. The molecule has 0 unspecified atom stereocenters. The molecule has 1 nitrogen and oxygen atoms in total. The second-order valence-electron chi connectivity index (χ2n) is 4.91. The van der Waals surface area contributed by atoms with Crippen LogP contribution < -0.4 is 5.32 Å². The number of hydrogen-bond donors (Lipinski definition) is 1. The van der Waals surface area contributed by atoms with Crippen LogP contribution in [0.2, 0.25) is 10.0 Å². The summed E-state index contributed by atoms with van der Waals surface area (Å²) in [5.74, 6) is 0. The summed E-state index contributed by atoms with van der Waals surface area (Å²) in [6, 6.07) is 12.4. The topological polar surface area (TPSA) is 12.0 Å². The molecule has 19 heavy (non-hydrogen) atoms. The van der Waals surface area contributed by atoms with Crippen molar-refractivity contribution in [2.24, 2.45) is 0 Å². The summed E-state index contributed by atoms with van der Waals surface area (Å²) in [5, 5.41) is 4.52. The van der Waals surface area contributed by atoms with Crippen LogP contribution >= 0.6 is 23.2 Å². The predicted molar refractivity (Wildman–Crippen MR) is 82.3 cm³/mol. The molecule has 0 heterocycles. The smallest absolute Gasteiger partial charge is 0.0823 e. The molecule has 1 aliphatic carbocycles. The number of rotatable bonds is 3. The number of nitrogens with one attached hydrogen (secondary N) is 1. The van der Waals surface area contributed by atoms with Crippen molar-refractivity contribution in [3.05, 3.63) is 63.1 Å². The van der Waals surface area contributed by atoms with Crippen LogP contribution in [0, 0.1) is 0 Å². The molecule has 2 aromatic carbocycles. The molecule has 0 saturated carbocycles. The fourth-order valence-electron chi connectivity index (χ4n) is 2.57. The van der Waals surface area contributed by atoms with Gasteiger partial charge in [-0.15, -0.1) is 0 Å². The molecule has 1 N–H and O–H groups in total. The van der Waals surface area contributed by atoms with Gasteiger partial charge in [0.25, 0.3) is 0 Å². The average Bonchev–Trinajstić information content (AvgIpc) is 2.88. The predicted octanol–water partition coefficient (Wildman–Crippen LogP) is 5.09. The molecule has 0 aliphatic heterocycles. The zero-order valence-electron chi connectivity index (χ0n) is 10.5. The Labute approximate surface area is 123 Å². The lowest BCUT2D eigenvalue weighted by Gasteiger charge is -2.10. The molecule has 1 aliphatic rings. The van der Waals surface area contributed by atoms with Crippen molar-refractivity contribution in [1.82, 2.24) is 0 Å². The normalized spacial score (nSPS) is 13.4. The van der Waals surface area contributed by atoms with Crippen molar-refractivity contribution in [2.45, 2.75) is 25.8 Å². The van der Waals surface area contributed by atoms with Gasteiger partial charge in [0.2, 0.25) is 0 Å². The van der Waals surface area contributed by atoms with Crippen LogP contribution in [0.3, 0.4) is 0 Å². The van der Waals surface area contributed by atoms with Gasteiger partial charge in [-0.05, 0) is 48.1 Å².